The van der Waals surface area contributed by atoms with E-state index >= 15 is 0 Å². The number of rotatable bonds is 5. The summed E-state index contributed by atoms with van der Waals surface area (Å²) in [6.45, 7) is 5.83. The fourth-order valence-electron chi connectivity index (χ4n) is 4.31. The van der Waals surface area contributed by atoms with E-state index in [4.69, 9.17) is 0 Å². The van der Waals surface area contributed by atoms with Gasteiger partial charge in [0, 0.05) is 12.1 Å². The van der Waals surface area contributed by atoms with E-state index in [1.54, 1.807) is 6.92 Å². The van der Waals surface area contributed by atoms with Crippen molar-refractivity contribution >= 4 is 5.91 Å². The Balaban J connectivity index is 1.58. The highest BCUT2D eigenvalue weighted by Crippen LogP contribution is 2.44. The fourth-order valence-corrected chi connectivity index (χ4v) is 4.31. The van der Waals surface area contributed by atoms with Crippen molar-refractivity contribution in [1.29, 1.82) is 0 Å². The average Bonchev–Trinajstić information content (AvgIpc) is 3.47. The number of benzene rings is 2. The summed E-state index contributed by atoms with van der Waals surface area (Å²) >= 11 is 0. The molecule has 1 heterocycles. The minimum Gasteiger partial charge on any atom is -0.376 e. The summed E-state index contributed by atoms with van der Waals surface area (Å²) in [7, 11) is 0. The van der Waals surface area contributed by atoms with Crippen molar-refractivity contribution in [3.8, 4) is 11.1 Å². The summed E-state index contributed by atoms with van der Waals surface area (Å²) in [6, 6.07) is 13.9. The zero-order valence-electron chi connectivity index (χ0n) is 17.1. The minimum absolute atomic E-state index is 0.193. The zero-order chi connectivity index (χ0) is 20.8. The molecule has 1 aliphatic carbocycles. The maximum atomic E-state index is 13.1. The molecule has 1 amide bonds. The number of carbonyl (C=O) groups excluding carboxylic acids is 1. The zero-order valence-corrected chi connectivity index (χ0v) is 17.1. The van der Waals surface area contributed by atoms with Gasteiger partial charge in [-0.05, 0) is 56.7 Å². The van der Waals surface area contributed by atoms with Crippen LogP contribution in [-0.2, 0) is 0 Å². The fraction of sp³-hybridized carbons (Fsp3) is 0.435. The lowest BCUT2D eigenvalue weighted by Crippen LogP contribution is -2.60. The van der Waals surface area contributed by atoms with E-state index in [0.29, 0.717) is 5.56 Å². The number of aryl methyl sites for hydroxylation is 2. The lowest BCUT2D eigenvalue weighted by atomic mass is 9.91. The van der Waals surface area contributed by atoms with E-state index in [2.05, 4.69) is 16.0 Å². The van der Waals surface area contributed by atoms with Crippen LogP contribution in [-0.4, -0.2) is 40.3 Å². The van der Waals surface area contributed by atoms with Gasteiger partial charge in [0.1, 0.15) is 6.23 Å². The molecule has 1 saturated carbocycles. The van der Waals surface area contributed by atoms with Crippen molar-refractivity contribution in [1.82, 2.24) is 16.0 Å². The van der Waals surface area contributed by atoms with Crippen molar-refractivity contribution in [2.45, 2.75) is 51.2 Å². The molecule has 5 N–H and O–H groups in total. The molecule has 6 nitrogen and oxygen atoms in total. The van der Waals surface area contributed by atoms with Gasteiger partial charge in [0.15, 0.2) is 5.85 Å². The Hall–Kier alpha value is -2.25. The Kier molecular flexibility index (Phi) is 4.99. The highest BCUT2D eigenvalue weighted by molar-refractivity contribution is 6.01. The van der Waals surface area contributed by atoms with Gasteiger partial charge in [-0.15, -0.1) is 0 Å². The summed E-state index contributed by atoms with van der Waals surface area (Å²) in [4.78, 5) is 13.1. The molecule has 2 unspecified atom stereocenters. The second-order valence-electron chi connectivity index (χ2n) is 8.66. The summed E-state index contributed by atoms with van der Waals surface area (Å²) in [5.74, 6) is -1.36. The maximum Gasteiger partial charge on any atom is 0.251 e. The molecule has 0 radical (unpaired) electrons. The van der Waals surface area contributed by atoms with Crippen LogP contribution in [0.2, 0.25) is 0 Å². The Morgan fingerprint density at radius 3 is 2.38 bits per heavy atom. The van der Waals surface area contributed by atoms with Crippen molar-refractivity contribution in [3.05, 3.63) is 59.2 Å². The Bertz CT molecular complexity index is 921. The van der Waals surface area contributed by atoms with Crippen LogP contribution in [0.5, 0.6) is 0 Å². The average molecular weight is 396 g/mol. The van der Waals surface area contributed by atoms with Gasteiger partial charge in [0.2, 0.25) is 0 Å². The first-order chi connectivity index (χ1) is 13.7. The Morgan fingerprint density at radius 1 is 1.14 bits per heavy atom. The lowest BCUT2D eigenvalue weighted by Gasteiger charge is -2.33. The highest BCUT2D eigenvalue weighted by atomic mass is 16.4. The third-order valence-electron chi connectivity index (χ3n) is 6.01. The predicted octanol–water partition coefficient (Wildman–Crippen LogP) is 2.03. The molecule has 2 aromatic carbocycles. The minimum atomic E-state index is -1.37. The number of hydrogen-bond acceptors (Lipinski definition) is 5. The van der Waals surface area contributed by atoms with Gasteiger partial charge in [-0.1, -0.05) is 47.5 Å². The van der Waals surface area contributed by atoms with Gasteiger partial charge in [-0.3, -0.25) is 15.4 Å². The van der Waals surface area contributed by atoms with E-state index in [-0.39, 0.29) is 18.4 Å². The van der Waals surface area contributed by atoms with Gasteiger partial charge < -0.3 is 15.5 Å². The second-order valence-corrected chi connectivity index (χ2v) is 8.66. The lowest BCUT2D eigenvalue weighted by molar-refractivity contribution is 0.000180. The molecule has 1 aliphatic heterocycles. The SMILES string of the molecule is Cc1ccc(-c2cc(C)ccc2C(=O)NC[C@@]2(C3CC3)NC(C)(O)NC2O)cc1. The molecule has 29 heavy (non-hydrogen) atoms. The number of aliphatic hydroxyl groups excluding tert-OH is 1. The quantitative estimate of drug-likeness (QED) is 0.534. The van der Waals surface area contributed by atoms with Gasteiger partial charge >= 0.3 is 0 Å². The van der Waals surface area contributed by atoms with Crippen LogP contribution >= 0.6 is 0 Å². The molecule has 2 fully saturated rings. The third-order valence-corrected chi connectivity index (χ3v) is 6.01. The van der Waals surface area contributed by atoms with Crippen LogP contribution in [0.25, 0.3) is 11.1 Å². The van der Waals surface area contributed by atoms with Gasteiger partial charge in [-0.25, -0.2) is 0 Å². The molecule has 2 aliphatic rings. The highest BCUT2D eigenvalue weighted by Gasteiger charge is 2.58. The Morgan fingerprint density at radius 2 is 1.79 bits per heavy atom. The first-order valence-corrected chi connectivity index (χ1v) is 10.1. The molecular formula is C23H29N3O3. The normalized spacial score (nSPS) is 29.1. The molecule has 0 aromatic heterocycles. The van der Waals surface area contributed by atoms with Crippen LogP contribution in [0.3, 0.4) is 0 Å². The van der Waals surface area contributed by atoms with Crippen molar-refractivity contribution in [2.24, 2.45) is 5.92 Å². The summed E-state index contributed by atoms with van der Waals surface area (Å²) < 4.78 is 0. The first-order valence-electron chi connectivity index (χ1n) is 10.1. The predicted molar refractivity (Wildman–Crippen MR) is 112 cm³/mol. The van der Waals surface area contributed by atoms with Crippen molar-refractivity contribution in [2.75, 3.05) is 6.54 Å². The monoisotopic (exact) mass is 395 g/mol. The molecule has 3 atom stereocenters. The van der Waals surface area contributed by atoms with E-state index in [9.17, 15) is 15.0 Å². The third kappa shape index (κ3) is 3.94. The first kappa shape index (κ1) is 20.0. The smallest absolute Gasteiger partial charge is 0.251 e. The summed E-state index contributed by atoms with van der Waals surface area (Å²) in [5.41, 5.74) is 3.93. The number of aliphatic hydroxyl groups is 2. The van der Waals surface area contributed by atoms with Crippen LogP contribution in [0.1, 0.15) is 41.3 Å². The molecule has 154 valence electrons. The van der Waals surface area contributed by atoms with Crippen molar-refractivity contribution < 1.29 is 15.0 Å². The number of nitrogens with one attached hydrogen (secondary N) is 3. The van der Waals surface area contributed by atoms with Crippen LogP contribution in [0.15, 0.2) is 42.5 Å². The molecule has 0 bridgehead atoms. The summed E-state index contributed by atoms with van der Waals surface area (Å²) in [5, 5.41) is 29.8. The molecule has 6 heteroatoms. The molecule has 0 spiro atoms. The molecule has 2 aromatic rings. The topological polar surface area (TPSA) is 93.6 Å². The molecular weight excluding hydrogens is 366 g/mol. The number of amides is 1. The van der Waals surface area contributed by atoms with E-state index < -0.39 is 17.6 Å². The molecule has 1 saturated heterocycles. The number of hydrogen-bond donors (Lipinski definition) is 5. The second kappa shape index (κ2) is 7.22. The van der Waals surface area contributed by atoms with Crippen LogP contribution in [0, 0.1) is 19.8 Å². The van der Waals surface area contributed by atoms with Gasteiger partial charge in [0.05, 0.1) is 5.54 Å². The summed E-state index contributed by atoms with van der Waals surface area (Å²) in [6.07, 6.45) is 0.966. The van der Waals surface area contributed by atoms with Crippen molar-refractivity contribution in [3.63, 3.8) is 0 Å². The van der Waals surface area contributed by atoms with E-state index in [1.165, 1.54) is 5.56 Å². The van der Waals surface area contributed by atoms with Crippen LogP contribution < -0.4 is 16.0 Å². The maximum absolute atomic E-state index is 13.1. The van der Waals surface area contributed by atoms with Gasteiger partial charge in [-0.2, -0.15) is 0 Å². The molecule has 4 rings (SSSR count). The van der Waals surface area contributed by atoms with Gasteiger partial charge in [0.25, 0.3) is 5.91 Å². The van der Waals surface area contributed by atoms with E-state index in [0.717, 1.165) is 29.5 Å². The largest absolute Gasteiger partial charge is 0.376 e. The van der Waals surface area contributed by atoms with Crippen LogP contribution in [0.4, 0.5) is 0 Å². The van der Waals surface area contributed by atoms with E-state index in [1.807, 2.05) is 56.3 Å². The standard InChI is InChI=1S/C23H29N3O3/c1-14-4-7-16(8-5-14)19-12-15(2)6-11-18(19)20(27)24-13-23(17-9-10-17)21(28)25-22(3,29)26-23/h4-8,11-12,17,21,25-26,28-29H,9-10,13H2,1-3H3,(H,24,27)/t21?,22?,23-/m0/s1. The number of carbonyl (C=O) groups is 1. The Labute approximate surface area is 171 Å².